The third-order valence-corrected chi connectivity index (χ3v) is 5.28. The highest BCUT2D eigenvalue weighted by atomic mass is 16.5. The molecule has 0 aliphatic heterocycles. The van der Waals surface area contributed by atoms with Crippen LogP contribution in [0.25, 0.3) is 22.1 Å². The molecule has 0 aliphatic rings. The number of anilines is 1. The molecule has 1 N–H and O–H groups in total. The lowest BCUT2D eigenvalue weighted by Gasteiger charge is -2.09. The Hall–Kier alpha value is -4.54. The minimum atomic E-state index is -0.567. The number of nitrogens with one attached hydrogen (secondary N) is 1. The zero-order valence-corrected chi connectivity index (χ0v) is 17.8. The summed E-state index contributed by atoms with van der Waals surface area (Å²) in [6.45, 7) is 1.48. The standard InChI is InChI=1S/C22H19N7O4/c1-13-9-15(26-33-13)10-29-21(31)19-20(27(2)22(29)32)23-12-28(19)11-18(30)25-17-8-7-14-5-3-4-6-16(14)24-17/h3-9,12H,10-11H2,1-2H3,(H,24,25,30). The lowest BCUT2D eigenvalue weighted by atomic mass is 10.2. The zero-order chi connectivity index (χ0) is 23.1. The number of aromatic nitrogens is 6. The van der Waals surface area contributed by atoms with Gasteiger partial charge in [-0.25, -0.2) is 14.8 Å². The molecule has 11 nitrogen and oxygen atoms in total. The monoisotopic (exact) mass is 445 g/mol. The Morgan fingerprint density at radius 1 is 1.15 bits per heavy atom. The molecule has 11 heteroatoms. The van der Waals surface area contributed by atoms with Gasteiger partial charge in [-0.1, -0.05) is 23.4 Å². The van der Waals surface area contributed by atoms with Crippen LogP contribution in [0.4, 0.5) is 5.82 Å². The Morgan fingerprint density at radius 3 is 2.76 bits per heavy atom. The third-order valence-electron chi connectivity index (χ3n) is 5.28. The van der Waals surface area contributed by atoms with Gasteiger partial charge in [-0.05, 0) is 25.1 Å². The fourth-order valence-corrected chi connectivity index (χ4v) is 3.71. The van der Waals surface area contributed by atoms with E-state index in [2.05, 4.69) is 20.4 Å². The summed E-state index contributed by atoms with van der Waals surface area (Å²) in [5.41, 5.74) is 0.417. The smallest absolute Gasteiger partial charge is 0.332 e. The van der Waals surface area contributed by atoms with Gasteiger partial charge in [0, 0.05) is 18.5 Å². The maximum atomic E-state index is 13.2. The fraction of sp³-hybridized carbons (Fsp3) is 0.182. The molecule has 0 bridgehead atoms. The number of imidazole rings is 1. The number of nitrogens with zero attached hydrogens (tertiary/aromatic N) is 6. The topological polar surface area (TPSA) is 130 Å². The van der Waals surface area contributed by atoms with Crippen molar-refractivity contribution in [2.75, 3.05) is 5.32 Å². The number of pyridine rings is 1. The summed E-state index contributed by atoms with van der Waals surface area (Å²) in [6, 6.07) is 12.8. The molecule has 4 heterocycles. The van der Waals surface area contributed by atoms with E-state index in [-0.39, 0.29) is 30.2 Å². The summed E-state index contributed by atoms with van der Waals surface area (Å²) < 4.78 is 8.75. The van der Waals surface area contributed by atoms with Crippen molar-refractivity contribution < 1.29 is 9.32 Å². The summed E-state index contributed by atoms with van der Waals surface area (Å²) in [5, 5.41) is 7.55. The second kappa shape index (κ2) is 7.86. The van der Waals surface area contributed by atoms with E-state index in [1.54, 1.807) is 19.1 Å². The van der Waals surface area contributed by atoms with Crippen molar-refractivity contribution in [3.8, 4) is 0 Å². The van der Waals surface area contributed by atoms with Gasteiger partial charge >= 0.3 is 5.69 Å². The Balaban J connectivity index is 1.47. The molecule has 4 aromatic heterocycles. The quantitative estimate of drug-likeness (QED) is 0.433. The molecule has 0 spiro atoms. The number of carbonyl (C=O) groups excluding carboxylic acids is 1. The van der Waals surface area contributed by atoms with Crippen LogP contribution in [-0.4, -0.2) is 34.7 Å². The summed E-state index contributed by atoms with van der Waals surface area (Å²) in [4.78, 5) is 47.2. The molecule has 0 aliphatic carbocycles. The summed E-state index contributed by atoms with van der Waals surface area (Å²) in [6.07, 6.45) is 1.36. The SMILES string of the molecule is Cc1cc(Cn2c(=O)c3c(ncn3CC(=O)Nc3ccc4ccccc4n3)n(C)c2=O)no1. The number of amides is 1. The molecule has 1 aromatic carbocycles. The van der Waals surface area contributed by atoms with Gasteiger partial charge in [0.2, 0.25) is 5.91 Å². The van der Waals surface area contributed by atoms with Crippen LogP contribution in [0.15, 0.2) is 62.9 Å². The van der Waals surface area contributed by atoms with Crippen LogP contribution in [0.5, 0.6) is 0 Å². The lowest BCUT2D eigenvalue weighted by Crippen LogP contribution is -2.40. The number of fused-ring (bicyclic) bond motifs is 2. The van der Waals surface area contributed by atoms with E-state index < -0.39 is 11.2 Å². The van der Waals surface area contributed by atoms with Crippen LogP contribution in [0.3, 0.4) is 0 Å². The molecule has 1 amide bonds. The van der Waals surface area contributed by atoms with Crippen LogP contribution >= 0.6 is 0 Å². The Labute approximate surface area is 185 Å². The first-order valence-corrected chi connectivity index (χ1v) is 10.1. The largest absolute Gasteiger partial charge is 0.361 e. The number of aryl methyl sites for hydroxylation is 2. The Morgan fingerprint density at radius 2 is 1.97 bits per heavy atom. The maximum Gasteiger partial charge on any atom is 0.332 e. The number of benzene rings is 1. The number of rotatable bonds is 5. The molecule has 33 heavy (non-hydrogen) atoms. The van der Waals surface area contributed by atoms with E-state index >= 15 is 0 Å². The molecule has 0 radical (unpaired) electrons. The molecule has 0 saturated heterocycles. The summed E-state index contributed by atoms with van der Waals surface area (Å²) >= 11 is 0. The molecular weight excluding hydrogens is 426 g/mol. The number of para-hydroxylation sites is 1. The van der Waals surface area contributed by atoms with E-state index in [1.807, 2.05) is 30.3 Å². The predicted octanol–water partition coefficient (Wildman–Crippen LogP) is 1.43. The highest BCUT2D eigenvalue weighted by Gasteiger charge is 2.19. The summed E-state index contributed by atoms with van der Waals surface area (Å²) in [7, 11) is 1.52. The molecule has 166 valence electrons. The van der Waals surface area contributed by atoms with Crippen LogP contribution in [0.1, 0.15) is 11.5 Å². The molecule has 0 atom stereocenters. The maximum absolute atomic E-state index is 13.2. The van der Waals surface area contributed by atoms with Crippen LogP contribution in [-0.2, 0) is 24.9 Å². The Bertz CT molecular complexity index is 1640. The minimum absolute atomic E-state index is 0.0584. The number of carbonyl (C=O) groups is 1. The first-order chi connectivity index (χ1) is 15.9. The second-order valence-corrected chi connectivity index (χ2v) is 7.64. The number of hydrogen-bond acceptors (Lipinski definition) is 7. The van der Waals surface area contributed by atoms with Gasteiger partial charge in [0.05, 0.1) is 18.4 Å². The van der Waals surface area contributed by atoms with Crippen molar-refractivity contribution >= 4 is 33.8 Å². The van der Waals surface area contributed by atoms with Crippen molar-refractivity contribution in [3.05, 3.63) is 81.1 Å². The molecule has 5 aromatic rings. The molecule has 0 saturated carbocycles. The Kier molecular flexibility index (Phi) is 4.85. The predicted molar refractivity (Wildman–Crippen MR) is 120 cm³/mol. The van der Waals surface area contributed by atoms with Crippen LogP contribution in [0.2, 0.25) is 0 Å². The van der Waals surface area contributed by atoms with E-state index in [1.165, 1.54) is 22.5 Å². The van der Waals surface area contributed by atoms with Gasteiger partial charge in [0.15, 0.2) is 11.2 Å². The van der Waals surface area contributed by atoms with Crippen LogP contribution in [0, 0.1) is 6.92 Å². The van der Waals surface area contributed by atoms with Gasteiger partial charge in [-0.2, -0.15) is 0 Å². The zero-order valence-electron chi connectivity index (χ0n) is 17.8. The van der Waals surface area contributed by atoms with E-state index in [0.717, 1.165) is 15.5 Å². The van der Waals surface area contributed by atoms with Gasteiger partial charge in [-0.3, -0.25) is 18.7 Å². The third kappa shape index (κ3) is 3.69. The highest BCUT2D eigenvalue weighted by Crippen LogP contribution is 2.15. The van der Waals surface area contributed by atoms with Crippen molar-refractivity contribution in [2.45, 2.75) is 20.0 Å². The molecule has 5 rings (SSSR count). The van der Waals surface area contributed by atoms with Crippen LogP contribution < -0.4 is 16.6 Å². The minimum Gasteiger partial charge on any atom is -0.361 e. The van der Waals surface area contributed by atoms with Gasteiger partial charge in [0.25, 0.3) is 5.56 Å². The molecule has 0 fully saturated rings. The van der Waals surface area contributed by atoms with Crippen molar-refractivity contribution in [1.29, 1.82) is 0 Å². The highest BCUT2D eigenvalue weighted by molar-refractivity contribution is 5.92. The average Bonchev–Trinajstić information content (AvgIpc) is 3.41. The first kappa shape index (κ1) is 20.4. The second-order valence-electron chi connectivity index (χ2n) is 7.64. The van der Waals surface area contributed by atoms with Gasteiger partial charge < -0.3 is 14.4 Å². The molecule has 0 unspecified atom stereocenters. The average molecular weight is 445 g/mol. The van der Waals surface area contributed by atoms with Gasteiger partial charge in [-0.15, -0.1) is 0 Å². The van der Waals surface area contributed by atoms with Crippen molar-refractivity contribution in [1.82, 2.24) is 28.8 Å². The van der Waals surface area contributed by atoms with E-state index in [4.69, 9.17) is 4.52 Å². The molecular formula is C22H19N7O4. The number of hydrogen-bond donors (Lipinski definition) is 1. The van der Waals surface area contributed by atoms with Gasteiger partial charge in [0.1, 0.15) is 23.8 Å². The lowest BCUT2D eigenvalue weighted by molar-refractivity contribution is -0.116. The van der Waals surface area contributed by atoms with E-state index in [0.29, 0.717) is 17.3 Å². The van der Waals surface area contributed by atoms with Crippen molar-refractivity contribution in [2.24, 2.45) is 7.05 Å². The fourth-order valence-electron chi connectivity index (χ4n) is 3.71. The van der Waals surface area contributed by atoms with E-state index in [9.17, 15) is 14.4 Å². The summed E-state index contributed by atoms with van der Waals surface area (Å²) in [5.74, 6) is 0.582. The van der Waals surface area contributed by atoms with Crippen molar-refractivity contribution in [3.63, 3.8) is 0 Å². The normalized spacial score (nSPS) is 11.3. The first-order valence-electron chi connectivity index (χ1n) is 10.1.